The number of ether oxygens (including phenoxy) is 1. The molecule has 3 aromatic carbocycles. The molecule has 0 aliphatic rings. The summed E-state index contributed by atoms with van der Waals surface area (Å²) in [7, 11) is 0. The van der Waals surface area contributed by atoms with Crippen molar-refractivity contribution < 1.29 is 23.4 Å². The number of carbonyl (C=O) groups is 1. The summed E-state index contributed by atoms with van der Waals surface area (Å²) in [5, 5.41) is 12.6. The van der Waals surface area contributed by atoms with Crippen LogP contribution in [-0.4, -0.2) is 28.7 Å². The second kappa shape index (κ2) is 11.4. The first kappa shape index (κ1) is 24.2. The first-order chi connectivity index (χ1) is 17.0. The number of carboxylic acid groups (broad SMARTS) is 1. The third-order valence-electron chi connectivity index (χ3n) is 5.65. The summed E-state index contributed by atoms with van der Waals surface area (Å²) in [5.74, 6) is 0.813. The minimum atomic E-state index is -0.940. The molecule has 0 fully saturated rings. The van der Waals surface area contributed by atoms with Crippen LogP contribution in [0.3, 0.4) is 0 Å². The van der Waals surface area contributed by atoms with Gasteiger partial charge in [-0.2, -0.15) is 0 Å². The molecule has 0 amide bonds. The maximum Gasteiger partial charge on any atom is 0.321 e. The van der Waals surface area contributed by atoms with E-state index in [1.165, 1.54) is 12.1 Å². The minimum absolute atomic E-state index is 0.317. The minimum Gasteiger partial charge on any atom is -0.493 e. The molecule has 180 valence electrons. The molecule has 1 heterocycles. The summed E-state index contributed by atoms with van der Waals surface area (Å²) in [6.45, 7) is 2.68. The highest BCUT2D eigenvalue weighted by Crippen LogP contribution is 2.22. The first-order valence-electron chi connectivity index (χ1n) is 11.4. The molecule has 0 aliphatic heterocycles. The number of benzene rings is 3. The molecule has 1 aromatic heterocycles. The molecule has 7 heteroatoms. The van der Waals surface area contributed by atoms with E-state index in [1.54, 1.807) is 12.1 Å². The Labute approximate surface area is 203 Å². The normalized spacial score (nSPS) is 11.8. The fourth-order valence-electron chi connectivity index (χ4n) is 3.68. The van der Waals surface area contributed by atoms with Crippen LogP contribution in [0.4, 0.5) is 4.39 Å². The molecule has 0 unspecified atom stereocenters. The number of nitrogens with one attached hydrogen (secondary N) is 1. The van der Waals surface area contributed by atoms with Gasteiger partial charge in [0.25, 0.3) is 0 Å². The summed E-state index contributed by atoms with van der Waals surface area (Å²) in [5.41, 5.74) is 3.48. The molecule has 35 heavy (non-hydrogen) atoms. The molecular weight excluding hydrogens is 447 g/mol. The van der Waals surface area contributed by atoms with Crippen LogP contribution in [0.15, 0.2) is 83.3 Å². The van der Waals surface area contributed by atoms with Crippen molar-refractivity contribution in [2.24, 2.45) is 0 Å². The van der Waals surface area contributed by atoms with Crippen LogP contribution in [-0.2, 0) is 24.2 Å². The Morgan fingerprint density at radius 1 is 1.03 bits per heavy atom. The van der Waals surface area contributed by atoms with Gasteiger partial charge in [-0.15, -0.1) is 0 Å². The highest BCUT2D eigenvalue weighted by atomic mass is 19.1. The number of hydrogen-bond acceptors (Lipinski definition) is 5. The highest BCUT2D eigenvalue weighted by Gasteiger charge is 2.17. The van der Waals surface area contributed by atoms with Gasteiger partial charge in [0.05, 0.1) is 12.3 Å². The lowest BCUT2D eigenvalue weighted by Crippen LogP contribution is -2.38. The Morgan fingerprint density at radius 2 is 1.71 bits per heavy atom. The largest absolute Gasteiger partial charge is 0.493 e. The van der Waals surface area contributed by atoms with Gasteiger partial charge < -0.3 is 19.6 Å². The zero-order valence-electron chi connectivity index (χ0n) is 19.4. The number of nitrogens with zero attached hydrogens (tertiary/aromatic N) is 1. The van der Waals surface area contributed by atoms with Gasteiger partial charge in [0.2, 0.25) is 5.89 Å². The van der Waals surface area contributed by atoms with Crippen LogP contribution >= 0.6 is 0 Å². The molecule has 0 saturated carbocycles. The maximum atomic E-state index is 13.0. The summed E-state index contributed by atoms with van der Waals surface area (Å²) >= 11 is 0. The van der Waals surface area contributed by atoms with E-state index in [2.05, 4.69) is 10.3 Å². The van der Waals surface area contributed by atoms with Crippen molar-refractivity contribution in [3.8, 4) is 17.2 Å². The highest BCUT2D eigenvalue weighted by molar-refractivity contribution is 5.74. The summed E-state index contributed by atoms with van der Waals surface area (Å²) in [6.07, 6.45) is 0.926. The van der Waals surface area contributed by atoms with E-state index in [0.29, 0.717) is 37.6 Å². The van der Waals surface area contributed by atoms with Crippen LogP contribution in [0.25, 0.3) is 11.5 Å². The lowest BCUT2D eigenvalue weighted by atomic mass is 10.1. The van der Waals surface area contributed by atoms with Crippen molar-refractivity contribution >= 4 is 5.97 Å². The van der Waals surface area contributed by atoms with Crippen molar-refractivity contribution in [3.05, 3.63) is 107 Å². The predicted molar refractivity (Wildman–Crippen MR) is 131 cm³/mol. The molecule has 0 bridgehead atoms. The average molecular weight is 475 g/mol. The van der Waals surface area contributed by atoms with Gasteiger partial charge >= 0.3 is 5.97 Å². The molecule has 1 atom stereocenters. The van der Waals surface area contributed by atoms with Crippen molar-refractivity contribution in [1.29, 1.82) is 0 Å². The SMILES string of the molecule is Cc1oc(-c2ccccc2)nc1CCOc1ccc(C[C@H](NCc2ccc(F)cc2)C(=O)O)cc1. The third-order valence-corrected chi connectivity index (χ3v) is 5.65. The van der Waals surface area contributed by atoms with E-state index in [4.69, 9.17) is 9.15 Å². The molecule has 6 nitrogen and oxygen atoms in total. The molecule has 0 saturated heterocycles. The average Bonchev–Trinajstić information content (AvgIpc) is 3.24. The number of aliphatic carboxylic acids is 1. The summed E-state index contributed by atoms with van der Waals surface area (Å²) < 4.78 is 24.7. The van der Waals surface area contributed by atoms with Gasteiger partial charge in [-0.05, 0) is 60.9 Å². The van der Waals surface area contributed by atoms with Gasteiger partial charge in [-0.3, -0.25) is 4.79 Å². The van der Waals surface area contributed by atoms with Crippen LogP contribution in [0.1, 0.15) is 22.6 Å². The van der Waals surface area contributed by atoms with E-state index >= 15 is 0 Å². The van der Waals surface area contributed by atoms with Crippen molar-refractivity contribution in [1.82, 2.24) is 10.3 Å². The van der Waals surface area contributed by atoms with Crippen molar-refractivity contribution in [2.45, 2.75) is 32.4 Å². The Balaban J connectivity index is 1.28. The number of carboxylic acids is 1. The second-order valence-electron chi connectivity index (χ2n) is 8.23. The molecule has 4 rings (SSSR count). The maximum absolute atomic E-state index is 13.0. The Hall–Kier alpha value is -3.97. The Bertz CT molecular complexity index is 1240. The topological polar surface area (TPSA) is 84.6 Å². The van der Waals surface area contributed by atoms with Crippen LogP contribution in [0.2, 0.25) is 0 Å². The van der Waals surface area contributed by atoms with Gasteiger partial charge in [0, 0.05) is 18.5 Å². The van der Waals surface area contributed by atoms with Crippen LogP contribution < -0.4 is 10.1 Å². The van der Waals surface area contributed by atoms with Crippen LogP contribution in [0, 0.1) is 12.7 Å². The van der Waals surface area contributed by atoms with Gasteiger partial charge in [0.15, 0.2) is 0 Å². The molecule has 0 spiro atoms. The molecular formula is C28H27FN2O4. The lowest BCUT2D eigenvalue weighted by Gasteiger charge is -2.15. The van der Waals surface area contributed by atoms with Gasteiger partial charge in [0.1, 0.15) is 23.4 Å². The van der Waals surface area contributed by atoms with Crippen molar-refractivity contribution in [2.75, 3.05) is 6.61 Å². The Morgan fingerprint density at radius 3 is 2.40 bits per heavy atom. The lowest BCUT2D eigenvalue weighted by molar-refractivity contribution is -0.139. The fourth-order valence-corrected chi connectivity index (χ4v) is 3.68. The fraction of sp³-hybridized carbons (Fsp3) is 0.214. The molecule has 0 aliphatic carbocycles. The standard InChI is InChI=1S/C28H27FN2O4/c1-19-25(31-27(35-19)22-5-3-2-4-6-22)15-16-34-24-13-9-20(10-14-24)17-26(28(32)33)30-18-21-7-11-23(29)12-8-21/h2-14,26,30H,15-18H2,1H3,(H,32,33)/t26-/m0/s1. The third kappa shape index (κ3) is 6.77. The van der Waals surface area contributed by atoms with Gasteiger partial charge in [-0.1, -0.05) is 42.5 Å². The van der Waals surface area contributed by atoms with E-state index in [1.807, 2.05) is 61.5 Å². The van der Waals surface area contributed by atoms with E-state index in [0.717, 1.165) is 28.1 Å². The smallest absolute Gasteiger partial charge is 0.321 e. The van der Waals surface area contributed by atoms with Crippen molar-refractivity contribution in [3.63, 3.8) is 0 Å². The van der Waals surface area contributed by atoms with Gasteiger partial charge in [-0.25, -0.2) is 9.37 Å². The number of aryl methyl sites for hydroxylation is 1. The van der Waals surface area contributed by atoms with E-state index < -0.39 is 12.0 Å². The number of aromatic nitrogens is 1. The van der Waals surface area contributed by atoms with E-state index in [-0.39, 0.29) is 5.82 Å². The zero-order valence-corrected chi connectivity index (χ0v) is 19.4. The molecule has 4 aromatic rings. The van der Waals surface area contributed by atoms with E-state index in [9.17, 15) is 14.3 Å². The summed E-state index contributed by atoms with van der Waals surface area (Å²) in [4.78, 5) is 16.3. The number of rotatable bonds is 11. The number of halogens is 1. The predicted octanol–water partition coefficient (Wildman–Crippen LogP) is 5.20. The monoisotopic (exact) mass is 474 g/mol. The Kier molecular flexibility index (Phi) is 7.90. The molecule has 0 radical (unpaired) electrons. The number of oxazole rings is 1. The number of hydrogen-bond donors (Lipinski definition) is 2. The second-order valence-corrected chi connectivity index (χ2v) is 8.23. The zero-order chi connectivity index (χ0) is 24.6. The van der Waals surface area contributed by atoms with Crippen LogP contribution in [0.5, 0.6) is 5.75 Å². The molecule has 2 N–H and O–H groups in total. The first-order valence-corrected chi connectivity index (χ1v) is 11.4. The quantitative estimate of drug-likeness (QED) is 0.311. The summed E-state index contributed by atoms with van der Waals surface area (Å²) in [6, 6.07) is 22.4.